The van der Waals surface area contributed by atoms with Crippen LogP contribution in [0.1, 0.15) is 11.4 Å². The summed E-state index contributed by atoms with van der Waals surface area (Å²) in [5.41, 5.74) is 6.68. The van der Waals surface area contributed by atoms with Crippen molar-refractivity contribution in [2.75, 3.05) is 0 Å². The Labute approximate surface area is 156 Å². The molecule has 3 heterocycles. The van der Waals surface area contributed by atoms with Crippen molar-refractivity contribution in [2.45, 2.75) is 13.8 Å². The summed E-state index contributed by atoms with van der Waals surface area (Å²) in [6.07, 6.45) is 3.99. The van der Waals surface area contributed by atoms with Crippen molar-refractivity contribution in [2.24, 2.45) is 14.1 Å². The van der Waals surface area contributed by atoms with Gasteiger partial charge in [0.15, 0.2) is 0 Å². The average molecular weight is 367 g/mol. The number of aryl methyl sites for hydroxylation is 4. The van der Waals surface area contributed by atoms with E-state index in [0.717, 1.165) is 39.6 Å². The van der Waals surface area contributed by atoms with E-state index in [9.17, 15) is 0 Å². The van der Waals surface area contributed by atoms with E-state index in [-0.39, 0.29) is 0 Å². The highest BCUT2D eigenvalue weighted by molar-refractivity contribution is 6.30. The van der Waals surface area contributed by atoms with Crippen molar-refractivity contribution in [3.05, 3.63) is 59.1 Å². The van der Waals surface area contributed by atoms with Gasteiger partial charge in [-0.1, -0.05) is 17.7 Å². The summed E-state index contributed by atoms with van der Waals surface area (Å²) in [6.45, 7) is 3.99. The van der Waals surface area contributed by atoms with Crippen LogP contribution in [0, 0.1) is 13.8 Å². The molecule has 0 bridgehead atoms. The molecule has 0 aliphatic carbocycles. The molecule has 0 spiro atoms. The Kier molecular flexibility index (Phi) is 3.92. The molecule has 0 radical (unpaired) electrons. The molecule has 0 unspecified atom stereocenters. The molecule has 1 aromatic carbocycles. The van der Waals surface area contributed by atoms with Crippen molar-refractivity contribution in [1.29, 1.82) is 0 Å². The van der Waals surface area contributed by atoms with Crippen LogP contribution in [0.15, 0.2) is 42.7 Å². The summed E-state index contributed by atoms with van der Waals surface area (Å²) in [4.78, 5) is 0. The molecule has 0 aliphatic rings. The van der Waals surface area contributed by atoms with Crippen molar-refractivity contribution in [3.63, 3.8) is 0 Å². The van der Waals surface area contributed by atoms with Crippen LogP contribution in [0.5, 0.6) is 0 Å². The van der Waals surface area contributed by atoms with Crippen LogP contribution < -0.4 is 0 Å². The first kappa shape index (κ1) is 16.6. The molecular formula is C19H19ClN6. The third-order valence-electron chi connectivity index (χ3n) is 4.34. The molecule has 4 aromatic rings. The van der Waals surface area contributed by atoms with Gasteiger partial charge in [0, 0.05) is 42.6 Å². The molecule has 0 amide bonds. The second kappa shape index (κ2) is 6.14. The summed E-state index contributed by atoms with van der Waals surface area (Å²) in [7, 11) is 3.83. The maximum atomic E-state index is 6.21. The second-order valence-electron chi connectivity index (χ2n) is 6.41. The number of aromatic nitrogens is 6. The van der Waals surface area contributed by atoms with Crippen LogP contribution in [0.3, 0.4) is 0 Å². The first-order chi connectivity index (χ1) is 12.4. The third-order valence-corrected chi connectivity index (χ3v) is 4.58. The Morgan fingerprint density at radius 3 is 2.08 bits per heavy atom. The van der Waals surface area contributed by atoms with Crippen LogP contribution >= 0.6 is 11.6 Å². The number of hydrogen-bond acceptors (Lipinski definition) is 3. The van der Waals surface area contributed by atoms with E-state index < -0.39 is 0 Å². The van der Waals surface area contributed by atoms with Gasteiger partial charge in [0.2, 0.25) is 0 Å². The number of nitrogens with zero attached hydrogens (tertiary/aromatic N) is 6. The summed E-state index contributed by atoms with van der Waals surface area (Å²) in [5, 5.41) is 14.4. The number of hydrogen-bond donors (Lipinski definition) is 0. The van der Waals surface area contributed by atoms with Gasteiger partial charge in [-0.2, -0.15) is 15.3 Å². The highest BCUT2D eigenvalue weighted by Gasteiger charge is 2.18. The van der Waals surface area contributed by atoms with Crippen LogP contribution in [0.2, 0.25) is 5.02 Å². The minimum Gasteiger partial charge on any atom is -0.275 e. The second-order valence-corrected chi connectivity index (χ2v) is 6.85. The third kappa shape index (κ3) is 2.82. The van der Waals surface area contributed by atoms with Gasteiger partial charge >= 0.3 is 0 Å². The minimum atomic E-state index is 0.672. The van der Waals surface area contributed by atoms with Gasteiger partial charge in [-0.15, -0.1) is 0 Å². The van der Waals surface area contributed by atoms with Gasteiger partial charge in [0.05, 0.1) is 28.5 Å². The predicted octanol–water partition coefficient (Wildman–Crippen LogP) is 3.94. The van der Waals surface area contributed by atoms with E-state index in [2.05, 4.69) is 16.3 Å². The maximum absolute atomic E-state index is 6.21. The molecule has 7 heteroatoms. The molecule has 0 fully saturated rings. The van der Waals surface area contributed by atoms with Gasteiger partial charge < -0.3 is 0 Å². The Balaban J connectivity index is 1.96. The molecule has 3 aromatic heterocycles. The molecular weight excluding hydrogens is 348 g/mol. The fourth-order valence-corrected chi connectivity index (χ4v) is 3.40. The molecule has 4 rings (SSSR count). The fraction of sp³-hybridized carbons (Fsp3) is 0.211. The number of benzene rings is 1. The zero-order valence-electron chi connectivity index (χ0n) is 15.1. The zero-order valence-corrected chi connectivity index (χ0v) is 15.9. The topological polar surface area (TPSA) is 53.5 Å². The summed E-state index contributed by atoms with van der Waals surface area (Å²) < 4.78 is 5.53. The largest absolute Gasteiger partial charge is 0.275 e. The van der Waals surface area contributed by atoms with Gasteiger partial charge in [0.1, 0.15) is 0 Å². The Hall–Kier alpha value is -2.86. The van der Waals surface area contributed by atoms with Crippen molar-refractivity contribution in [1.82, 2.24) is 29.3 Å². The van der Waals surface area contributed by atoms with E-state index in [0.29, 0.717) is 5.02 Å². The van der Waals surface area contributed by atoms with Gasteiger partial charge in [-0.25, -0.2) is 4.68 Å². The van der Waals surface area contributed by atoms with Crippen LogP contribution in [-0.2, 0) is 14.1 Å². The number of halogens is 1. The smallest absolute Gasteiger partial charge is 0.0968 e. The van der Waals surface area contributed by atoms with Crippen LogP contribution in [0.25, 0.3) is 28.2 Å². The van der Waals surface area contributed by atoms with E-state index in [1.54, 1.807) is 4.68 Å². The van der Waals surface area contributed by atoms with E-state index in [4.69, 9.17) is 16.7 Å². The maximum Gasteiger partial charge on any atom is 0.0968 e. The molecule has 0 saturated carbocycles. The minimum absolute atomic E-state index is 0.672. The zero-order chi connectivity index (χ0) is 18.4. The molecule has 0 aliphatic heterocycles. The molecule has 0 saturated heterocycles. The van der Waals surface area contributed by atoms with E-state index in [1.807, 2.05) is 74.0 Å². The fourth-order valence-electron chi connectivity index (χ4n) is 3.21. The van der Waals surface area contributed by atoms with Crippen molar-refractivity contribution in [3.8, 4) is 28.2 Å². The predicted molar refractivity (Wildman–Crippen MR) is 102 cm³/mol. The molecule has 0 atom stereocenters. The van der Waals surface area contributed by atoms with Gasteiger partial charge in [-0.3, -0.25) is 9.36 Å². The standard InChI is InChI=1S/C19H19ClN6/c1-12-16(10-24(3)21-12)18-9-19(17-11-25(4)22-13(17)2)26(23-18)15-7-5-6-14(20)8-15/h5-11H,1-4H3. The summed E-state index contributed by atoms with van der Waals surface area (Å²) >= 11 is 6.21. The Bertz CT molecular complexity index is 1100. The Morgan fingerprint density at radius 2 is 1.50 bits per heavy atom. The molecule has 132 valence electrons. The molecule has 26 heavy (non-hydrogen) atoms. The lowest BCUT2D eigenvalue weighted by atomic mass is 10.1. The lowest BCUT2D eigenvalue weighted by Crippen LogP contribution is -1.99. The lowest BCUT2D eigenvalue weighted by Gasteiger charge is -2.07. The van der Waals surface area contributed by atoms with Crippen LogP contribution in [-0.4, -0.2) is 29.3 Å². The van der Waals surface area contributed by atoms with Gasteiger partial charge in [-0.05, 0) is 38.1 Å². The van der Waals surface area contributed by atoms with Crippen LogP contribution in [0.4, 0.5) is 0 Å². The molecule has 0 N–H and O–H groups in total. The quantitative estimate of drug-likeness (QED) is 0.551. The number of rotatable bonds is 3. The van der Waals surface area contributed by atoms with Crippen molar-refractivity contribution < 1.29 is 0 Å². The molecule has 6 nitrogen and oxygen atoms in total. The van der Waals surface area contributed by atoms with Gasteiger partial charge in [0.25, 0.3) is 0 Å². The highest BCUT2D eigenvalue weighted by atomic mass is 35.5. The monoisotopic (exact) mass is 366 g/mol. The summed E-state index contributed by atoms with van der Waals surface area (Å²) in [5.74, 6) is 0. The average Bonchev–Trinajstić information content (AvgIpc) is 3.24. The lowest BCUT2D eigenvalue weighted by molar-refractivity contribution is 0.756. The highest BCUT2D eigenvalue weighted by Crippen LogP contribution is 2.31. The summed E-state index contributed by atoms with van der Waals surface area (Å²) in [6, 6.07) is 9.76. The van der Waals surface area contributed by atoms with Crippen molar-refractivity contribution >= 4 is 11.6 Å². The normalized spacial score (nSPS) is 11.3. The van der Waals surface area contributed by atoms with E-state index >= 15 is 0 Å². The first-order valence-electron chi connectivity index (χ1n) is 8.29. The SMILES string of the molecule is Cc1nn(C)cc1-c1cc(-c2cn(C)nc2C)n(-c2cccc(Cl)c2)n1. The van der Waals surface area contributed by atoms with E-state index in [1.165, 1.54) is 0 Å². The Morgan fingerprint density at radius 1 is 0.846 bits per heavy atom. The first-order valence-corrected chi connectivity index (χ1v) is 8.67.